The molecular weight excluding hydrogens is 234 g/mol. The van der Waals surface area contributed by atoms with Crippen molar-refractivity contribution in [3.63, 3.8) is 0 Å². The Morgan fingerprint density at radius 1 is 1.71 bits per heavy atom. The maximum absolute atomic E-state index is 11.3. The van der Waals surface area contributed by atoms with Crippen molar-refractivity contribution in [2.45, 2.75) is 44.0 Å². The highest BCUT2D eigenvalue weighted by Crippen LogP contribution is 2.22. The van der Waals surface area contributed by atoms with Gasteiger partial charge in [0.2, 0.25) is 0 Å². The zero-order chi connectivity index (χ0) is 12.3. The summed E-state index contributed by atoms with van der Waals surface area (Å²) in [4.78, 5) is 4.24. The SMILES string of the molecule is CC(CCn1cncc1C1CCCN1)S(C)=O. The Morgan fingerprint density at radius 3 is 3.18 bits per heavy atom. The summed E-state index contributed by atoms with van der Waals surface area (Å²) in [6.07, 6.45) is 9.00. The van der Waals surface area contributed by atoms with Crippen molar-refractivity contribution in [2.75, 3.05) is 12.8 Å². The summed E-state index contributed by atoms with van der Waals surface area (Å²) in [5.74, 6) is 0. The highest BCUT2D eigenvalue weighted by molar-refractivity contribution is 7.84. The van der Waals surface area contributed by atoms with Gasteiger partial charge < -0.3 is 9.88 Å². The molecule has 0 spiro atoms. The Labute approximate surface area is 105 Å². The number of nitrogens with one attached hydrogen (secondary N) is 1. The largest absolute Gasteiger partial charge is 0.333 e. The number of hydrogen-bond acceptors (Lipinski definition) is 3. The summed E-state index contributed by atoms with van der Waals surface area (Å²) in [5, 5.41) is 3.74. The Morgan fingerprint density at radius 2 is 2.53 bits per heavy atom. The topological polar surface area (TPSA) is 46.9 Å². The number of nitrogens with zero attached hydrogens (tertiary/aromatic N) is 2. The van der Waals surface area contributed by atoms with Crippen LogP contribution in [0.5, 0.6) is 0 Å². The van der Waals surface area contributed by atoms with E-state index in [0.717, 1.165) is 19.5 Å². The molecule has 1 fully saturated rings. The van der Waals surface area contributed by atoms with Gasteiger partial charge in [0.15, 0.2) is 0 Å². The van der Waals surface area contributed by atoms with Crippen molar-refractivity contribution in [3.05, 3.63) is 18.2 Å². The molecule has 1 saturated heterocycles. The summed E-state index contributed by atoms with van der Waals surface area (Å²) in [7, 11) is -0.730. The molecule has 0 saturated carbocycles. The highest BCUT2D eigenvalue weighted by Gasteiger charge is 2.19. The minimum absolute atomic E-state index is 0.252. The third kappa shape index (κ3) is 3.16. The van der Waals surface area contributed by atoms with Crippen LogP contribution < -0.4 is 5.32 Å². The number of aromatic nitrogens is 2. The van der Waals surface area contributed by atoms with E-state index in [2.05, 4.69) is 14.9 Å². The summed E-state index contributed by atoms with van der Waals surface area (Å²) < 4.78 is 13.5. The molecule has 96 valence electrons. The van der Waals surface area contributed by atoms with Crippen LogP contribution >= 0.6 is 0 Å². The van der Waals surface area contributed by atoms with Gasteiger partial charge in [-0.15, -0.1) is 0 Å². The Kier molecular flexibility index (Phi) is 4.34. The fraction of sp³-hybridized carbons (Fsp3) is 0.750. The lowest BCUT2D eigenvalue weighted by Gasteiger charge is -2.15. The summed E-state index contributed by atoms with van der Waals surface area (Å²) in [6, 6.07) is 0.458. The molecule has 0 radical (unpaired) electrons. The quantitative estimate of drug-likeness (QED) is 0.866. The lowest BCUT2D eigenvalue weighted by molar-refractivity contribution is 0.544. The minimum atomic E-state index is -0.730. The summed E-state index contributed by atoms with van der Waals surface area (Å²) >= 11 is 0. The van der Waals surface area contributed by atoms with Crippen molar-refractivity contribution in [1.82, 2.24) is 14.9 Å². The molecule has 3 unspecified atom stereocenters. The molecule has 2 rings (SSSR count). The molecular formula is C12H21N3OS. The van der Waals surface area contributed by atoms with Gasteiger partial charge in [-0.25, -0.2) is 4.98 Å². The maximum atomic E-state index is 11.3. The van der Waals surface area contributed by atoms with Gasteiger partial charge in [0, 0.05) is 41.1 Å². The maximum Gasteiger partial charge on any atom is 0.0948 e. The van der Waals surface area contributed by atoms with Crippen LogP contribution in [0.3, 0.4) is 0 Å². The first-order valence-corrected chi connectivity index (χ1v) is 7.86. The molecule has 0 bridgehead atoms. The van der Waals surface area contributed by atoms with E-state index in [9.17, 15) is 4.21 Å². The van der Waals surface area contributed by atoms with E-state index in [1.54, 1.807) is 6.26 Å². The van der Waals surface area contributed by atoms with E-state index in [4.69, 9.17) is 0 Å². The molecule has 5 heteroatoms. The van der Waals surface area contributed by atoms with Crippen LogP contribution in [-0.4, -0.2) is 31.8 Å². The van der Waals surface area contributed by atoms with Gasteiger partial charge in [0.1, 0.15) is 0 Å². The second-order valence-corrected chi connectivity index (χ2v) is 6.56. The van der Waals surface area contributed by atoms with Crippen molar-refractivity contribution in [3.8, 4) is 0 Å². The van der Waals surface area contributed by atoms with E-state index < -0.39 is 10.8 Å². The van der Waals surface area contributed by atoms with E-state index in [1.807, 2.05) is 19.4 Å². The van der Waals surface area contributed by atoms with Gasteiger partial charge in [0.05, 0.1) is 12.0 Å². The average molecular weight is 255 g/mol. The first-order chi connectivity index (χ1) is 8.18. The Bertz CT molecular complexity index is 385. The Balaban J connectivity index is 1.96. The van der Waals surface area contributed by atoms with Crippen LogP contribution in [0.15, 0.2) is 12.5 Å². The van der Waals surface area contributed by atoms with Gasteiger partial charge in [-0.3, -0.25) is 4.21 Å². The van der Waals surface area contributed by atoms with Crippen LogP contribution in [-0.2, 0) is 17.3 Å². The second kappa shape index (κ2) is 5.78. The zero-order valence-corrected chi connectivity index (χ0v) is 11.4. The molecule has 3 atom stereocenters. The lowest BCUT2D eigenvalue weighted by atomic mass is 10.1. The lowest BCUT2D eigenvalue weighted by Crippen LogP contribution is -2.19. The molecule has 1 N–H and O–H groups in total. The Hall–Kier alpha value is -0.680. The highest BCUT2D eigenvalue weighted by atomic mass is 32.2. The predicted molar refractivity (Wildman–Crippen MR) is 70.4 cm³/mol. The van der Waals surface area contributed by atoms with Crippen LogP contribution in [0.1, 0.15) is 37.9 Å². The van der Waals surface area contributed by atoms with Gasteiger partial charge in [-0.1, -0.05) is 6.92 Å². The predicted octanol–water partition coefficient (Wildman–Crippen LogP) is 1.46. The van der Waals surface area contributed by atoms with Gasteiger partial charge in [0.25, 0.3) is 0 Å². The van der Waals surface area contributed by atoms with Crippen LogP contribution in [0.4, 0.5) is 0 Å². The van der Waals surface area contributed by atoms with Crippen molar-refractivity contribution >= 4 is 10.8 Å². The molecule has 1 aromatic rings. The van der Waals surface area contributed by atoms with Gasteiger partial charge in [-0.2, -0.15) is 0 Å². The second-order valence-electron chi connectivity index (χ2n) is 4.76. The number of imidazole rings is 1. The number of hydrogen-bond donors (Lipinski definition) is 1. The fourth-order valence-corrected chi connectivity index (χ4v) is 2.67. The van der Waals surface area contributed by atoms with E-state index in [0.29, 0.717) is 6.04 Å². The average Bonchev–Trinajstić information content (AvgIpc) is 2.95. The van der Waals surface area contributed by atoms with Gasteiger partial charge >= 0.3 is 0 Å². The smallest absolute Gasteiger partial charge is 0.0948 e. The summed E-state index contributed by atoms with van der Waals surface area (Å²) in [5.41, 5.74) is 1.27. The van der Waals surface area contributed by atoms with Gasteiger partial charge in [-0.05, 0) is 25.8 Å². The van der Waals surface area contributed by atoms with E-state index in [-0.39, 0.29) is 5.25 Å². The van der Waals surface area contributed by atoms with Crippen molar-refractivity contribution in [1.29, 1.82) is 0 Å². The van der Waals surface area contributed by atoms with E-state index >= 15 is 0 Å². The molecule has 1 aromatic heterocycles. The number of rotatable bonds is 5. The molecule has 0 aromatic carbocycles. The van der Waals surface area contributed by atoms with Crippen molar-refractivity contribution < 1.29 is 4.21 Å². The van der Waals surface area contributed by atoms with Crippen molar-refractivity contribution in [2.24, 2.45) is 0 Å². The monoisotopic (exact) mass is 255 g/mol. The third-order valence-corrected chi connectivity index (χ3v) is 4.87. The molecule has 0 aliphatic carbocycles. The van der Waals surface area contributed by atoms with E-state index in [1.165, 1.54) is 18.5 Å². The zero-order valence-electron chi connectivity index (χ0n) is 10.6. The normalized spacial score (nSPS) is 23.8. The molecule has 0 amide bonds. The first kappa shape index (κ1) is 12.8. The first-order valence-electron chi connectivity index (χ1n) is 6.24. The summed E-state index contributed by atoms with van der Waals surface area (Å²) in [6.45, 7) is 4.06. The minimum Gasteiger partial charge on any atom is -0.333 e. The van der Waals surface area contributed by atoms with Crippen LogP contribution in [0, 0.1) is 0 Å². The standard InChI is InChI=1S/C12H21N3OS/c1-10(17(2)16)5-7-15-9-13-8-12(15)11-4-3-6-14-11/h8-11,14H,3-7H2,1-2H3. The van der Waals surface area contributed by atoms with Crippen LogP contribution in [0.25, 0.3) is 0 Å². The molecule has 17 heavy (non-hydrogen) atoms. The molecule has 2 heterocycles. The molecule has 1 aliphatic rings. The number of aryl methyl sites for hydroxylation is 1. The molecule has 1 aliphatic heterocycles. The molecule has 4 nitrogen and oxygen atoms in total. The third-order valence-electron chi connectivity index (χ3n) is 3.51. The fourth-order valence-electron chi connectivity index (χ4n) is 2.23. The van der Waals surface area contributed by atoms with Crippen LogP contribution in [0.2, 0.25) is 0 Å².